The van der Waals surface area contributed by atoms with Crippen molar-refractivity contribution in [2.45, 2.75) is 13.3 Å². The molecule has 0 atom stereocenters. The largest absolute Gasteiger partial charge is 0.436 e. The van der Waals surface area contributed by atoms with Gasteiger partial charge in [-0.25, -0.2) is 9.37 Å². The number of halogens is 2. The first-order valence-corrected chi connectivity index (χ1v) is 8.90. The highest BCUT2D eigenvalue weighted by molar-refractivity contribution is 6.31. The van der Waals surface area contributed by atoms with E-state index in [9.17, 15) is 4.39 Å². The highest BCUT2D eigenvalue weighted by Crippen LogP contribution is 2.44. The van der Waals surface area contributed by atoms with Gasteiger partial charge in [-0.05, 0) is 24.1 Å². The summed E-state index contributed by atoms with van der Waals surface area (Å²) in [7, 11) is 0. The maximum absolute atomic E-state index is 13.7. The first-order chi connectivity index (χ1) is 13.0. The summed E-state index contributed by atoms with van der Waals surface area (Å²) < 4.78 is 19.5. The lowest BCUT2D eigenvalue weighted by molar-refractivity contribution is 0.628. The Morgan fingerprint density at radius 3 is 2.48 bits per heavy atom. The molecule has 136 valence electrons. The van der Waals surface area contributed by atoms with Gasteiger partial charge in [0.05, 0.1) is 10.4 Å². The van der Waals surface area contributed by atoms with Gasteiger partial charge in [0.15, 0.2) is 5.58 Å². The Labute approximate surface area is 160 Å². The number of benzene rings is 2. The number of aromatic nitrogens is 1. The summed E-state index contributed by atoms with van der Waals surface area (Å²) >= 11 is 6.01. The maximum atomic E-state index is 13.7. The van der Waals surface area contributed by atoms with Crippen LogP contribution >= 0.6 is 11.6 Å². The monoisotopic (exact) mass is 381 g/mol. The van der Waals surface area contributed by atoms with Crippen LogP contribution in [0.15, 0.2) is 52.9 Å². The molecule has 0 aliphatic heterocycles. The Balaban J connectivity index is 2.12. The van der Waals surface area contributed by atoms with E-state index in [0.29, 0.717) is 34.3 Å². The molecular formula is C21H17ClFN3O. The molecular weight excluding hydrogens is 365 g/mol. The van der Waals surface area contributed by atoms with E-state index < -0.39 is 5.82 Å². The van der Waals surface area contributed by atoms with Crippen molar-refractivity contribution in [2.24, 2.45) is 0 Å². The summed E-state index contributed by atoms with van der Waals surface area (Å²) in [6, 6.07) is 14.2. The number of hydrogen-bond donors (Lipinski definition) is 2. The summed E-state index contributed by atoms with van der Waals surface area (Å²) in [5.41, 5.74) is 16.9. The van der Waals surface area contributed by atoms with Gasteiger partial charge in [0, 0.05) is 16.8 Å². The van der Waals surface area contributed by atoms with Crippen molar-refractivity contribution in [3.05, 3.63) is 65.1 Å². The summed E-state index contributed by atoms with van der Waals surface area (Å²) in [5.74, 6) is -0.352. The number of furan rings is 1. The fourth-order valence-corrected chi connectivity index (χ4v) is 3.45. The van der Waals surface area contributed by atoms with Gasteiger partial charge in [-0.1, -0.05) is 54.9 Å². The number of nitrogens with two attached hydrogens (primary N) is 2. The zero-order valence-corrected chi connectivity index (χ0v) is 15.3. The Morgan fingerprint density at radius 2 is 1.81 bits per heavy atom. The Hall–Kier alpha value is -3.05. The number of fused-ring (bicyclic) bond motifs is 1. The Kier molecular flexibility index (Phi) is 4.24. The normalized spacial score (nSPS) is 11.2. The van der Waals surface area contributed by atoms with Crippen LogP contribution in [0.3, 0.4) is 0 Å². The third kappa shape index (κ3) is 2.80. The van der Waals surface area contributed by atoms with E-state index in [2.05, 4.69) is 0 Å². The summed E-state index contributed by atoms with van der Waals surface area (Å²) in [6.07, 6.45) is 0.643. The number of nitrogen functional groups attached to an aromatic ring is 2. The standard InChI is InChI=1S/C21H17ClFN3O/c1-2-15-16(12-8-9-14(23)13(22)10-12)17-18(24)21(25)27-20(17)19(26-15)11-6-4-3-5-7-11/h3-10H,2,24-25H2,1H3. The van der Waals surface area contributed by atoms with Gasteiger partial charge in [-0.2, -0.15) is 0 Å². The maximum Gasteiger partial charge on any atom is 0.215 e. The van der Waals surface area contributed by atoms with E-state index in [4.69, 9.17) is 32.5 Å². The zero-order chi connectivity index (χ0) is 19.1. The van der Waals surface area contributed by atoms with Gasteiger partial charge in [0.2, 0.25) is 5.88 Å². The SMILES string of the molecule is CCc1nc(-c2ccccc2)c2oc(N)c(N)c2c1-c1ccc(F)c(Cl)c1. The smallest absolute Gasteiger partial charge is 0.215 e. The lowest BCUT2D eigenvalue weighted by atomic mass is 9.96. The van der Waals surface area contributed by atoms with E-state index >= 15 is 0 Å². The first-order valence-electron chi connectivity index (χ1n) is 8.52. The number of hydrogen-bond acceptors (Lipinski definition) is 4. The minimum Gasteiger partial charge on any atom is -0.436 e. The van der Waals surface area contributed by atoms with Crippen LogP contribution in [0.5, 0.6) is 0 Å². The van der Waals surface area contributed by atoms with E-state index in [-0.39, 0.29) is 10.9 Å². The average Bonchev–Trinajstić information content (AvgIpc) is 2.98. The molecule has 4 rings (SSSR count). The molecule has 2 aromatic heterocycles. The van der Waals surface area contributed by atoms with Crippen molar-refractivity contribution in [2.75, 3.05) is 11.5 Å². The highest BCUT2D eigenvalue weighted by Gasteiger charge is 2.23. The minimum atomic E-state index is -0.483. The lowest BCUT2D eigenvalue weighted by Crippen LogP contribution is -1.99. The van der Waals surface area contributed by atoms with Crippen molar-refractivity contribution in [3.63, 3.8) is 0 Å². The second-order valence-electron chi connectivity index (χ2n) is 6.21. The fourth-order valence-electron chi connectivity index (χ4n) is 3.27. The molecule has 4 nitrogen and oxygen atoms in total. The topological polar surface area (TPSA) is 78.1 Å². The second kappa shape index (κ2) is 6.59. The number of nitrogens with zero attached hydrogens (tertiary/aromatic N) is 1. The van der Waals surface area contributed by atoms with Gasteiger partial charge < -0.3 is 15.9 Å². The minimum absolute atomic E-state index is 0.0323. The van der Waals surface area contributed by atoms with Crippen molar-refractivity contribution < 1.29 is 8.81 Å². The summed E-state index contributed by atoms with van der Waals surface area (Å²) in [6.45, 7) is 2.00. The van der Waals surface area contributed by atoms with Crippen molar-refractivity contribution in [3.8, 4) is 22.4 Å². The number of aryl methyl sites for hydroxylation is 1. The molecule has 0 aliphatic rings. The molecule has 0 aliphatic carbocycles. The Bertz CT molecular complexity index is 1160. The molecule has 6 heteroatoms. The molecule has 0 amide bonds. The van der Waals surface area contributed by atoms with Gasteiger partial charge in [-0.3, -0.25) is 0 Å². The quantitative estimate of drug-likeness (QED) is 0.478. The van der Waals surface area contributed by atoms with Gasteiger partial charge in [0.1, 0.15) is 17.2 Å². The van der Waals surface area contributed by atoms with Crippen LogP contribution < -0.4 is 11.5 Å². The van der Waals surface area contributed by atoms with Crippen molar-refractivity contribution >= 4 is 34.1 Å². The molecule has 0 radical (unpaired) electrons. The molecule has 0 saturated heterocycles. The van der Waals surface area contributed by atoms with E-state index in [1.807, 2.05) is 37.3 Å². The molecule has 4 N–H and O–H groups in total. The zero-order valence-electron chi connectivity index (χ0n) is 14.6. The second-order valence-corrected chi connectivity index (χ2v) is 6.62. The summed E-state index contributed by atoms with van der Waals surface area (Å²) in [4.78, 5) is 4.83. The molecule has 2 aromatic carbocycles. The van der Waals surface area contributed by atoms with Crippen LogP contribution in [0.2, 0.25) is 5.02 Å². The third-order valence-electron chi connectivity index (χ3n) is 4.56. The molecule has 0 unspecified atom stereocenters. The summed E-state index contributed by atoms with van der Waals surface area (Å²) in [5, 5.41) is 0.700. The van der Waals surface area contributed by atoms with Crippen LogP contribution in [0.4, 0.5) is 16.0 Å². The predicted octanol–water partition coefficient (Wildman–Crippen LogP) is 5.68. The van der Waals surface area contributed by atoms with Crippen molar-refractivity contribution in [1.29, 1.82) is 0 Å². The molecule has 27 heavy (non-hydrogen) atoms. The van der Waals surface area contributed by atoms with Crippen LogP contribution in [0.25, 0.3) is 33.4 Å². The number of pyridine rings is 1. The molecule has 0 spiro atoms. The molecule has 4 aromatic rings. The first kappa shape index (κ1) is 17.4. The van der Waals surface area contributed by atoms with Gasteiger partial charge in [0.25, 0.3) is 0 Å². The van der Waals surface area contributed by atoms with Crippen LogP contribution in [0.1, 0.15) is 12.6 Å². The van der Waals surface area contributed by atoms with Crippen LogP contribution in [0, 0.1) is 5.82 Å². The molecule has 2 heterocycles. The fraction of sp³-hybridized carbons (Fsp3) is 0.0952. The van der Waals surface area contributed by atoms with Crippen LogP contribution in [-0.4, -0.2) is 4.98 Å². The predicted molar refractivity (Wildman–Crippen MR) is 108 cm³/mol. The number of rotatable bonds is 3. The third-order valence-corrected chi connectivity index (χ3v) is 4.85. The molecule has 0 bridgehead atoms. The Morgan fingerprint density at radius 1 is 1.07 bits per heavy atom. The van der Waals surface area contributed by atoms with Gasteiger partial charge in [-0.15, -0.1) is 0 Å². The molecule has 0 saturated carbocycles. The van der Waals surface area contributed by atoms with Gasteiger partial charge >= 0.3 is 0 Å². The van der Waals surface area contributed by atoms with Crippen molar-refractivity contribution in [1.82, 2.24) is 4.98 Å². The van der Waals surface area contributed by atoms with E-state index in [1.54, 1.807) is 12.1 Å². The van der Waals surface area contributed by atoms with E-state index in [0.717, 1.165) is 16.8 Å². The number of anilines is 2. The average molecular weight is 382 g/mol. The van der Waals surface area contributed by atoms with E-state index in [1.165, 1.54) is 6.07 Å². The highest BCUT2D eigenvalue weighted by atomic mass is 35.5. The molecule has 0 fully saturated rings. The van der Waals surface area contributed by atoms with Crippen LogP contribution in [-0.2, 0) is 6.42 Å². The lowest BCUT2D eigenvalue weighted by Gasteiger charge is -2.13.